The van der Waals surface area contributed by atoms with Crippen LogP contribution in [-0.4, -0.2) is 41.4 Å². The number of benzene rings is 1. The van der Waals surface area contributed by atoms with E-state index >= 15 is 0 Å². The summed E-state index contributed by atoms with van der Waals surface area (Å²) in [5.74, 6) is 1.64. The highest BCUT2D eigenvalue weighted by atomic mass is 35.5. The molecule has 2 atom stereocenters. The Labute approximate surface area is 152 Å². The predicted octanol–water partition coefficient (Wildman–Crippen LogP) is 3.30. The van der Waals surface area contributed by atoms with Crippen molar-refractivity contribution in [3.05, 3.63) is 41.3 Å². The van der Waals surface area contributed by atoms with E-state index < -0.39 is 0 Å². The Morgan fingerprint density at radius 1 is 1.12 bits per heavy atom. The fraction of sp³-hybridized carbons (Fsp3) is 0.444. The van der Waals surface area contributed by atoms with E-state index in [0.29, 0.717) is 0 Å². The van der Waals surface area contributed by atoms with Gasteiger partial charge in [0.1, 0.15) is 4.88 Å². The van der Waals surface area contributed by atoms with Gasteiger partial charge in [0.15, 0.2) is 0 Å². The fourth-order valence-electron chi connectivity index (χ4n) is 3.70. The molecule has 1 N–H and O–H groups in total. The smallest absolute Gasteiger partial charge is 0.265 e. The molecule has 0 saturated carbocycles. The van der Waals surface area contributed by atoms with Crippen molar-refractivity contribution in [1.82, 2.24) is 14.6 Å². The van der Waals surface area contributed by atoms with Gasteiger partial charge in [0, 0.05) is 18.7 Å². The van der Waals surface area contributed by atoms with E-state index in [0.717, 1.165) is 67.0 Å². The van der Waals surface area contributed by atoms with E-state index in [9.17, 15) is 4.79 Å². The van der Waals surface area contributed by atoms with Gasteiger partial charge in [-0.2, -0.15) is 4.37 Å². The molecule has 0 radical (unpaired) electrons. The molecule has 2 aliphatic heterocycles. The molecule has 1 aromatic carbocycles. The third-order valence-electron chi connectivity index (χ3n) is 5.10. The number of rotatable bonds is 2. The standard InChI is InChI=1S/C18H21N3OS.ClH/c22-18(21-8-6-14-11-19-12-15(14)7-9-21)17-10-16(20-23-17)13-4-2-1-3-5-13;/h1-5,10,14-15,19H,6-9,11-12H2;1H/t14-,15+;. The van der Waals surface area contributed by atoms with Crippen molar-refractivity contribution >= 4 is 29.8 Å². The number of carbonyl (C=O) groups excluding carboxylic acids is 1. The molecule has 4 nitrogen and oxygen atoms in total. The molecule has 2 aliphatic rings. The zero-order chi connectivity index (χ0) is 15.6. The van der Waals surface area contributed by atoms with Gasteiger partial charge in [-0.25, -0.2) is 0 Å². The van der Waals surface area contributed by atoms with Crippen molar-refractivity contribution in [1.29, 1.82) is 0 Å². The van der Waals surface area contributed by atoms with E-state index in [-0.39, 0.29) is 18.3 Å². The lowest BCUT2D eigenvalue weighted by atomic mass is 9.92. The Hall–Kier alpha value is -1.43. The van der Waals surface area contributed by atoms with Crippen LogP contribution in [0.4, 0.5) is 0 Å². The SMILES string of the molecule is Cl.O=C(c1cc(-c2ccccc2)ns1)N1CC[C@@H]2CNC[C@@H]2CC1. The lowest BCUT2D eigenvalue weighted by Gasteiger charge is -2.19. The topological polar surface area (TPSA) is 45.2 Å². The van der Waals surface area contributed by atoms with Crippen LogP contribution < -0.4 is 5.32 Å². The van der Waals surface area contributed by atoms with Gasteiger partial charge in [-0.3, -0.25) is 4.79 Å². The Bertz CT molecular complexity index is 677. The van der Waals surface area contributed by atoms with Gasteiger partial charge < -0.3 is 10.2 Å². The first-order valence-corrected chi connectivity index (χ1v) is 9.11. The summed E-state index contributed by atoms with van der Waals surface area (Å²) in [6.45, 7) is 3.98. The van der Waals surface area contributed by atoms with Crippen LogP contribution in [0.25, 0.3) is 11.3 Å². The molecule has 24 heavy (non-hydrogen) atoms. The molecule has 2 saturated heterocycles. The first-order chi connectivity index (χ1) is 11.3. The molecule has 6 heteroatoms. The number of nitrogens with zero attached hydrogens (tertiary/aromatic N) is 2. The number of hydrogen-bond donors (Lipinski definition) is 1. The van der Waals surface area contributed by atoms with Crippen LogP contribution in [-0.2, 0) is 0 Å². The van der Waals surface area contributed by atoms with E-state index in [4.69, 9.17) is 0 Å². The fourth-order valence-corrected chi connectivity index (χ4v) is 4.42. The summed E-state index contributed by atoms with van der Waals surface area (Å²) in [7, 11) is 0. The van der Waals surface area contributed by atoms with Crippen LogP contribution in [0.1, 0.15) is 22.5 Å². The minimum absolute atomic E-state index is 0. The number of aromatic nitrogens is 1. The van der Waals surface area contributed by atoms with Crippen LogP contribution in [0.15, 0.2) is 36.4 Å². The molecule has 0 bridgehead atoms. The third kappa shape index (κ3) is 3.48. The summed E-state index contributed by atoms with van der Waals surface area (Å²) < 4.78 is 4.47. The van der Waals surface area contributed by atoms with E-state index in [2.05, 4.69) is 9.69 Å². The highest BCUT2D eigenvalue weighted by molar-refractivity contribution is 7.08. The second kappa shape index (κ2) is 7.64. The number of fused-ring (bicyclic) bond motifs is 1. The van der Waals surface area contributed by atoms with Crippen molar-refractivity contribution in [3.8, 4) is 11.3 Å². The first-order valence-electron chi connectivity index (χ1n) is 8.33. The molecular weight excluding hydrogens is 342 g/mol. The number of likely N-dealkylation sites (tertiary alicyclic amines) is 1. The monoisotopic (exact) mass is 363 g/mol. The number of carbonyl (C=O) groups is 1. The van der Waals surface area contributed by atoms with Gasteiger partial charge in [0.2, 0.25) is 0 Å². The second-order valence-corrected chi connectivity index (χ2v) is 7.30. The number of nitrogens with one attached hydrogen (secondary N) is 1. The van der Waals surface area contributed by atoms with Crippen molar-refractivity contribution in [3.63, 3.8) is 0 Å². The Balaban J connectivity index is 0.00000169. The molecule has 0 spiro atoms. The van der Waals surface area contributed by atoms with Gasteiger partial charge in [0.05, 0.1) is 5.69 Å². The van der Waals surface area contributed by atoms with Crippen molar-refractivity contribution in [2.75, 3.05) is 26.2 Å². The lowest BCUT2D eigenvalue weighted by Crippen LogP contribution is -2.32. The molecule has 3 heterocycles. The average molecular weight is 364 g/mol. The second-order valence-electron chi connectivity index (χ2n) is 6.49. The minimum Gasteiger partial charge on any atom is -0.338 e. The van der Waals surface area contributed by atoms with Gasteiger partial charge in [-0.1, -0.05) is 30.3 Å². The summed E-state index contributed by atoms with van der Waals surface area (Å²) >= 11 is 1.32. The van der Waals surface area contributed by atoms with Crippen LogP contribution in [0.3, 0.4) is 0 Å². The van der Waals surface area contributed by atoms with Gasteiger partial charge >= 0.3 is 0 Å². The number of hydrogen-bond acceptors (Lipinski definition) is 4. The highest BCUT2D eigenvalue weighted by Gasteiger charge is 2.32. The molecule has 1 aromatic heterocycles. The maximum Gasteiger partial charge on any atom is 0.265 e. The van der Waals surface area contributed by atoms with E-state index in [1.54, 1.807) is 0 Å². The van der Waals surface area contributed by atoms with Crippen LogP contribution in [0, 0.1) is 11.8 Å². The average Bonchev–Trinajstić information content (AvgIpc) is 3.21. The first kappa shape index (κ1) is 17.4. The normalized spacial score (nSPS) is 23.2. The van der Waals surface area contributed by atoms with Crippen molar-refractivity contribution in [2.45, 2.75) is 12.8 Å². The molecular formula is C18H22ClN3OS. The van der Waals surface area contributed by atoms with Crippen molar-refractivity contribution < 1.29 is 4.79 Å². The quantitative estimate of drug-likeness (QED) is 0.890. The number of halogens is 1. The van der Waals surface area contributed by atoms with Crippen LogP contribution in [0.5, 0.6) is 0 Å². The van der Waals surface area contributed by atoms with E-state index in [1.807, 2.05) is 41.3 Å². The molecule has 1 amide bonds. The maximum atomic E-state index is 12.8. The van der Waals surface area contributed by atoms with Gasteiger partial charge in [-0.05, 0) is 55.4 Å². The molecule has 0 aliphatic carbocycles. The van der Waals surface area contributed by atoms with Gasteiger partial charge in [0.25, 0.3) is 5.91 Å². The largest absolute Gasteiger partial charge is 0.338 e. The van der Waals surface area contributed by atoms with Crippen LogP contribution >= 0.6 is 23.9 Å². The molecule has 4 rings (SSSR count). The zero-order valence-electron chi connectivity index (χ0n) is 13.5. The summed E-state index contributed by atoms with van der Waals surface area (Å²) in [6.07, 6.45) is 2.24. The zero-order valence-corrected chi connectivity index (χ0v) is 15.1. The summed E-state index contributed by atoms with van der Waals surface area (Å²) in [6, 6.07) is 12.0. The molecule has 128 valence electrons. The minimum atomic E-state index is 0. The Morgan fingerprint density at radius 2 is 1.79 bits per heavy atom. The van der Waals surface area contributed by atoms with E-state index in [1.165, 1.54) is 11.5 Å². The molecule has 2 aromatic rings. The Kier molecular flexibility index (Phi) is 5.54. The summed E-state index contributed by atoms with van der Waals surface area (Å²) in [4.78, 5) is 15.6. The Morgan fingerprint density at radius 3 is 2.46 bits per heavy atom. The maximum absolute atomic E-state index is 12.8. The molecule has 0 unspecified atom stereocenters. The van der Waals surface area contributed by atoms with Crippen molar-refractivity contribution in [2.24, 2.45) is 11.8 Å². The van der Waals surface area contributed by atoms with Crippen LogP contribution in [0.2, 0.25) is 0 Å². The molecule has 2 fully saturated rings. The van der Waals surface area contributed by atoms with Gasteiger partial charge in [-0.15, -0.1) is 12.4 Å². The third-order valence-corrected chi connectivity index (χ3v) is 5.87. The summed E-state index contributed by atoms with van der Waals surface area (Å²) in [5.41, 5.74) is 1.97. The predicted molar refractivity (Wildman–Crippen MR) is 99.8 cm³/mol. The highest BCUT2D eigenvalue weighted by Crippen LogP contribution is 2.29. The number of amides is 1. The lowest BCUT2D eigenvalue weighted by molar-refractivity contribution is 0.0763. The summed E-state index contributed by atoms with van der Waals surface area (Å²) in [5, 5.41) is 3.48.